The van der Waals surface area contributed by atoms with Crippen LogP contribution >= 0.6 is 11.6 Å². The predicted octanol–water partition coefficient (Wildman–Crippen LogP) is 2.94. The first-order chi connectivity index (χ1) is 9.56. The molecule has 0 spiro atoms. The van der Waals surface area contributed by atoms with Crippen LogP contribution in [0.25, 0.3) is 0 Å². The number of nitro groups is 1. The highest BCUT2D eigenvalue weighted by Crippen LogP contribution is 2.19. The van der Waals surface area contributed by atoms with Crippen molar-refractivity contribution in [3.8, 4) is 5.75 Å². The number of nitro benzene ring substituents is 1. The first kappa shape index (κ1) is 14.0. The normalized spacial score (nSPS) is 10.8. The smallest absolute Gasteiger partial charge is 0.270 e. The number of hydrogen-bond donors (Lipinski definition) is 0. The third kappa shape index (κ3) is 3.55. The van der Waals surface area contributed by atoms with Crippen molar-refractivity contribution < 1.29 is 10.0 Å². The molecule has 5 nitrogen and oxygen atoms in total. The zero-order valence-corrected chi connectivity index (χ0v) is 11.1. The zero-order valence-electron chi connectivity index (χ0n) is 10.3. The summed E-state index contributed by atoms with van der Waals surface area (Å²) in [4.78, 5) is 14.2. The summed E-state index contributed by atoms with van der Waals surface area (Å²) in [6.45, 7) is 0.350. The Morgan fingerprint density at radius 2 is 2.05 bits per heavy atom. The zero-order chi connectivity index (χ0) is 14.5. The average molecular weight is 290 g/mol. The van der Waals surface area contributed by atoms with Gasteiger partial charge in [0.25, 0.3) is 5.69 Å². The fourth-order valence-electron chi connectivity index (χ4n) is 1.64. The second kappa shape index (κ2) is 6.16. The molecule has 0 unspecified atom stereocenters. The molecule has 6 heteroatoms. The van der Waals surface area contributed by atoms with E-state index in [-0.39, 0.29) is 17.0 Å². The van der Waals surface area contributed by atoms with Gasteiger partial charge in [0.1, 0.15) is 0 Å². The lowest BCUT2D eigenvalue weighted by Gasteiger charge is -2.08. The predicted molar refractivity (Wildman–Crippen MR) is 75.3 cm³/mol. The van der Waals surface area contributed by atoms with Crippen molar-refractivity contribution in [2.45, 2.75) is 6.54 Å². The van der Waals surface area contributed by atoms with Crippen LogP contribution in [-0.4, -0.2) is 11.1 Å². The molecule has 20 heavy (non-hydrogen) atoms. The van der Waals surface area contributed by atoms with Crippen molar-refractivity contribution in [2.75, 3.05) is 0 Å². The summed E-state index contributed by atoms with van der Waals surface area (Å²) >= 11 is 5.84. The lowest BCUT2D eigenvalue weighted by atomic mass is 10.2. The van der Waals surface area contributed by atoms with Gasteiger partial charge in [0.05, 0.1) is 11.5 Å². The summed E-state index contributed by atoms with van der Waals surface area (Å²) in [6.07, 6.45) is 1.34. The molecule has 0 aromatic heterocycles. The monoisotopic (exact) mass is 289 g/mol. The highest BCUT2D eigenvalue weighted by atomic mass is 35.5. The van der Waals surface area contributed by atoms with Gasteiger partial charge in [-0.25, -0.2) is 0 Å². The van der Waals surface area contributed by atoms with Gasteiger partial charge < -0.3 is 5.11 Å². The van der Waals surface area contributed by atoms with Gasteiger partial charge in [-0.1, -0.05) is 35.5 Å². The highest BCUT2D eigenvalue weighted by Gasteiger charge is 2.05. The van der Waals surface area contributed by atoms with E-state index in [9.17, 15) is 15.2 Å². The maximum absolute atomic E-state index is 11.6. The molecule has 0 N–H and O–H groups in total. The Bertz CT molecular complexity index is 671. The molecular formula is C14H10ClN2O3-. The minimum Gasteiger partial charge on any atom is -0.872 e. The van der Waals surface area contributed by atoms with Crippen LogP contribution in [0.15, 0.2) is 47.5 Å². The number of halogens is 1. The number of rotatable bonds is 4. The molecular weight excluding hydrogens is 280 g/mol. The Morgan fingerprint density at radius 3 is 2.75 bits per heavy atom. The van der Waals surface area contributed by atoms with Crippen molar-refractivity contribution in [3.05, 3.63) is 68.7 Å². The maximum atomic E-state index is 11.6. The lowest BCUT2D eigenvalue weighted by molar-refractivity contribution is -0.385. The van der Waals surface area contributed by atoms with E-state index in [1.54, 1.807) is 18.2 Å². The molecule has 0 aliphatic carbocycles. The number of nitrogens with zero attached hydrogens (tertiary/aromatic N) is 2. The van der Waals surface area contributed by atoms with E-state index in [1.807, 2.05) is 6.07 Å². The van der Waals surface area contributed by atoms with Crippen LogP contribution in [-0.2, 0) is 6.54 Å². The van der Waals surface area contributed by atoms with Gasteiger partial charge in [0.2, 0.25) is 0 Å². The lowest BCUT2D eigenvalue weighted by Crippen LogP contribution is -1.98. The summed E-state index contributed by atoms with van der Waals surface area (Å²) in [5.41, 5.74) is 0.960. The number of non-ortho nitro benzene ring substituents is 1. The molecule has 102 valence electrons. The van der Waals surface area contributed by atoms with Crippen LogP contribution in [0.4, 0.5) is 5.69 Å². The maximum Gasteiger partial charge on any atom is 0.270 e. The fourth-order valence-corrected chi connectivity index (χ4v) is 1.85. The van der Waals surface area contributed by atoms with E-state index >= 15 is 0 Å². The topological polar surface area (TPSA) is 78.6 Å². The summed E-state index contributed by atoms with van der Waals surface area (Å²) in [7, 11) is 0. The Morgan fingerprint density at radius 1 is 1.25 bits per heavy atom. The van der Waals surface area contributed by atoms with Crippen molar-refractivity contribution >= 4 is 23.5 Å². The minimum atomic E-state index is -0.548. The van der Waals surface area contributed by atoms with Gasteiger partial charge >= 0.3 is 0 Å². The molecule has 0 aliphatic rings. The van der Waals surface area contributed by atoms with Crippen LogP contribution in [0.2, 0.25) is 5.02 Å². The Balaban J connectivity index is 2.15. The standard InChI is InChI=1S/C14H11ClN2O3/c15-12-3-1-2-10(6-12)8-16-9-11-7-13(17(19)20)4-5-14(11)18/h1-7,9,18H,8H2/p-1. The van der Waals surface area contributed by atoms with Gasteiger partial charge in [-0.05, 0) is 23.3 Å². The summed E-state index contributed by atoms with van der Waals surface area (Å²) in [5, 5.41) is 22.8. The van der Waals surface area contributed by atoms with E-state index in [2.05, 4.69) is 4.99 Å². The molecule has 0 aliphatic heterocycles. The third-order valence-corrected chi connectivity index (χ3v) is 2.83. The molecule has 0 saturated heterocycles. The van der Waals surface area contributed by atoms with Gasteiger partial charge in [-0.2, -0.15) is 0 Å². The Labute approximate surface area is 120 Å². The minimum absolute atomic E-state index is 0.131. The van der Waals surface area contributed by atoms with Crippen LogP contribution < -0.4 is 5.11 Å². The second-order valence-corrected chi connectivity index (χ2v) is 4.52. The highest BCUT2D eigenvalue weighted by molar-refractivity contribution is 6.30. The van der Waals surface area contributed by atoms with Gasteiger partial charge in [0, 0.05) is 23.4 Å². The number of hydrogen-bond acceptors (Lipinski definition) is 4. The van der Waals surface area contributed by atoms with E-state index in [0.717, 1.165) is 5.56 Å². The molecule has 0 atom stereocenters. The SMILES string of the molecule is O=[N+]([O-])c1ccc([O-])c(C=NCc2cccc(Cl)c2)c1. The Hall–Kier alpha value is -2.40. The largest absolute Gasteiger partial charge is 0.872 e. The first-order valence-corrected chi connectivity index (χ1v) is 6.14. The van der Waals surface area contributed by atoms with Crippen molar-refractivity contribution in [1.29, 1.82) is 0 Å². The van der Waals surface area contributed by atoms with Crippen molar-refractivity contribution in [2.24, 2.45) is 4.99 Å². The fraction of sp³-hybridized carbons (Fsp3) is 0.0714. The molecule has 2 aromatic rings. The van der Waals surface area contributed by atoms with E-state index in [0.29, 0.717) is 11.6 Å². The van der Waals surface area contributed by atoms with Crippen LogP contribution in [0, 0.1) is 10.1 Å². The van der Waals surface area contributed by atoms with Crippen molar-refractivity contribution in [3.63, 3.8) is 0 Å². The van der Waals surface area contributed by atoms with Crippen LogP contribution in [0.3, 0.4) is 0 Å². The molecule has 0 saturated carbocycles. The summed E-state index contributed by atoms with van der Waals surface area (Å²) < 4.78 is 0. The molecule has 0 amide bonds. The third-order valence-electron chi connectivity index (χ3n) is 2.60. The summed E-state index contributed by atoms with van der Waals surface area (Å²) in [6, 6.07) is 10.7. The number of benzene rings is 2. The van der Waals surface area contributed by atoms with Gasteiger partial charge in [-0.3, -0.25) is 15.1 Å². The first-order valence-electron chi connectivity index (χ1n) is 5.76. The second-order valence-electron chi connectivity index (χ2n) is 4.08. The van der Waals surface area contributed by atoms with Crippen LogP contribution in [0.1, 0.15) is 11.1 Å². The average Bonchev–Trinajstić information content (AvgIpc) is 2.40. The number of aliphatic imine (C=N–C) groups is 1. The Kier molecular flexibility index (Phi) is 4.32. The quantitative estimate of drug-likeness (QED) is 0.493. The summed E-state index contributed by atoms with van der Waals surface area (Å²) in [5.74, 6) is -0.301. The van der Waals surface area contributed by atoms with E-state index in [4.69, 9.17) is 11.6 Å². The molecule has 2 rings (SSSR count). The van der Waals surface area contributed by atoms with E-state index < -0.39 is 4.92 Å². The molecule has 0 radical (unpaired) electrons. The van der Waals surface area contributed by atoms with Gasteiger partial charge in [0.15, 0.2) is 0 Å². The molecule has 0 bridgehead atoms. The van der Waals surface area contributed by atoms with Crippen molar-refractivity contribution in [1.82, 2.24) is 0 Å². The molecule has 2 aromatic carbocycles. The molecule has 0 heterocycles. The van der Waals surface area contributed by atoms with Crippen LogP contribution in [0.5, 0.6) is 5.75 Å². The molecule has 0 fully saturated rings. The van der Waals surface area contributed by atoms with E-state index in [1.165, 1.54) is 24.4 Å². The van der Waals surface area contributed by atoms with Gasteiger partial charge in [-0.15, -0.1) is 0 Å².